The molecule has 0 spiro atoms. The Kier molecular flexibility index (Phi) is 3.78. The highest BCUT2D eigenvalue weighted by atomic mass is 79.9. The molecule has 0 atom stereocenters. The van der Waals surface area contributed by atoms with Gasteiger partial charge >= 0.3 is 23.1 Å². The number of halogens is 1. The second-order valence-electron chi connectivity index (χ2n) is 1.02. The number of H-pyrrole nitrogens is 1. The molecule has 1 nitrogen and oxygen atoms in total. The molecule has 1 N–H and O–H groups in total. The number of aromatic amines is 1. The fourth-order valence-electron chi connectivity index (χ4n) is 0.308. The van der Waals surface area contributed by atoms with Crippen LogP contribution in [0.15, 0.2) is 22.9 Å². The van der Waals surface area contributed by atoms with E-state index in [9.17, 15) is 0 Å². The average molecular weight is 172 g/mol. The number of hydrogen-bond acceptors (Lipinski definition) is 0. The predicted octanol–water partition coefficient (Wildman–Crippen LogP) is 0.861. The van der Waals surface area contributed by atoms with Gasteiger partial charge in [-0.2, -0.15) is 0 Å². The predicted molar refractivity (Wildman–Crippen MR) is 37.0 cm³/mol. The molecule has 1 rings (SSSR count). The van der Waals surface area contributed by atoms with Gasteiger partial charge < -0.3 is 4.98 Å². The summed E-state index contributed by atoms with van der Waals surface area (Å²) in [6.07, 6.45) is 1.87. The molecule has 1 heterocycles. The molecule has 0 fully saturated rings. The van der Waals surface area contributed by atoms with Crippen LogP contribution in [0, 0.1) is 0 Å². The summed E-state index contributed by atoms with van der Waals surface area (Å²) in [7, 11) is 0. The second kappa shape index (κ2) is 3.52. The van der Waals surface area contributed by atoms with Gasteiger partial charge in [-0.15, -0.1) is 0 Å². The summed E-state index contributed by atoms with van der Waals surface area (Å²) in [4.78, 5) is 2.92. The molecule has 7 heavy (non-hydrogen) atoms. The number of rotatable bonds is 0. The summed E-state index contributed by atoms with van der Waals surface area (Å²) in [6.45, 7) is 0. The maximum Gasteiger partial charge on any atom is 0.316 e. The smallest absolute Gasteiger partial charge is 0.316 e. The van der Waals surface area contributed by atoms with Crippen LogP contribution in [0.4, 0.5) is 0 Å². The quantitative estimate of drug-likeness (QED) is 0.559. The minimum absolute atomic E-state index is 0. The minimum Gasteiger partial charge on any atom is -0.356 e. The summed E-state index contributed by atoms with van der Waals surface area (Å²) >= 11 is 3.23. The van der Waals surface area contributed by atoms with Gasteiger partial charge in [-0.3, -0.25) is 0 Å². The van der Waals surface area contributed by atoms with Crippen LogP contribution >= 0.6 is 15.9 Å². The third kappa shape index (κ3) is 2.36. The van der Waals surface area contributed by atoms with Crippen molar-refractivity contribution in [2.24, 2.45) is 0 Å². The van der Waals surface area contributed by atoms with Crippen LogP contribution in [0.2, 0.25) is 0 Å². The largest absolute Gasteiger partial charge is 0.356 e. The Bertz CT molecular complexity index is 115. The average Bonchev–Trinajstić information content (AvgIpc) is 1.86. The monoisotopic (exact) mass is 171 g/mol. The van der Waals surface area contributed by atoms with Gasteiger partial charge in [-0.05, 0) is 28.1 Å². The van der Waals surface area contributed by atoms with E-state index < -0.39 is 0 Å². The fraction of sp³-hybridized carbons (Fsp3) is 0. The highest BCUT2D eigenvalue weighted by Crippen LogP contribution is 2.01. The Hall–Kier alpha value is 0.526. The maximum absolute atomic E-state index is 3.23. The van der Waals surface area contributed by atoms with Crippen LogP contribution in [0.25, 0.3) is 0 Å². The summed E-state index contributed by atoms with van der Waals surface area (Å²) in [5.41, 5.74) is 0. The zero-order valence-electron chi connectivity index (χ0n) is 3.11. The Morgan fingerprint density at radius 2 is 2.29 bits per heavy atom. The summed E-state index contributed by atoms with van der Waals surface area (Å²) in [5, 5.41) is 0. The summed E-state index contributed by atoms with van der Waals surface area (Å²) < 4.78 is 1.03. The van der Waals surface area contributed by atoms with E-state index in [0.29, 0.717) is 0 Å². The van der Waals surface area contributed by atoms with Crippen molar-refractivity contribution in [2.45, 2.75) is 0 Å². The second-order valence-corrected chi connectivity index (χ2v) is 1.87. The van der Waals surface area contributed by atoms with Crippen LogP contribution in [-0.4, -0.2) is 28.0 Å². The standard InChI is InChI=1S/C4H4BrN.Mg.2H/c5-4-2-1-3-6-4;;;/h1-3,6H;;;. The molecule has 0 aromatic carbocycles. The lowest BCUT2D eigenvalue weighted by Gasteiger charge is -1.67. The molecular weight excluding hydrogens is 166 g/mol. The lowest BCUT2D eigenvalue weighted by molar-refractivity contribution is 1.36. The van der Waals surface area contributed by atoms with Crippen LogP contribution in [0.3, 0.4) is 0 Å². The third-order valence-electron chi connectivity index (χ3n) is 0.560. The molecule has 0 aliphatic heterocycles. The van der Waals surface area contributed by atoms with Gasteiger partial charge in [0.05, 0.1) is 4.60 Å². The lowest BCUT2D eigenvalue weighted by Crippen LogP contribution is -1.50. The van der Waals surface area contributed by atoms with Gasteiger partial charge in [0.15, 0.2) is 0 Å². The fourth-order valence-corrected chi connectivity index (χ4v) is 0.593. The van der Waals surface area contributed by atoms with Gasteiger partial charge in [0, 0.05) is 6.20 Å². The summed E-state index contributed by atoms with van der Waals surface area (Å²) in [6, 6.07) is 3.88. The van der Waals surface area contributed by atoms with Gasteiger partial charge in [0.2, 0.25) is 0 Å². The molecule has 0 aliphatic rings. The van der Waals surface area contributed by atoms with Crippen molar-refractivity contribution in [3.05, 3.63) is 22.9 Å². The van der Waals surface area contributed by atoms with Crippen LogP contribution < -0.4 is 0 Å². The van der Waals surface area contributed by atoms with E-state index in [1.165, 1.54) is 0 Å². The highest BCUT2D eigenvalue weighted by molar-refractivity contribution is 9.10. The van der Waals surface area contributed by atoms with Gasteiger partial charge in [0.25, 0.3) is 0 Å². The van der Waals surface area contributed by atoms with Crippen molar-refractivity contribution in [3.8, 4) is 0 Å². The first-order valence-electron chi connectivity index (χ1n) is 1.68. The van der Waals surface area contributed by atoms with Crippen molar-refractivity contribution in [1.82, 2.24) is 4.98 Å². The van der Waals surface area contributed by atoms with Gasteiger partial charge in [-0.1, -0.05) is 0 Å². The molecule has 0 saturated heterocycles. The van der Waals surface area contributed by atoms with Gasteiger partial charge in [-0.25, -0.2) is 0 Å². The topological polar surface area (TPSA) is 15.8 Å². The molecule has 3 heteroatoms. The minimum atomic E-state index is 0. The molecule has 1 aromatic rings. The van der Waals surface area contributed by atoms with Crippen molar-refractivity contribution < 1.29 is 0 Å². The Morgan fingerprint density at radius 3 is 2.43 bits per heavy atom. The van der Waals surface area contributed by atoms with E-state index in [0.717, 1.165) is 4.60 Å². The van der Waals surface area contributed by atoms with Crippen LogP contribution in [-0.2, 0) is 0 Å². The highest BCUT2D eigenvalue weighted by Gasteiger charge is 1.74. The Balaban J connectivity index is 0.000000360. The first-order valence-corrected chi connectivity index (χ1v) is 2.48. The molecule has 0 saturated carbocycles. The molecule has 36 valence electrons. The molecule has 0 radical (unpaired) electrons. The van der Waals surface area contributed by atoms with Crippen LogP contribution in [0.5, 0.6) is 0 Å². The SMILES string of the molecule is Brc1ccc[nH]1.[MgH2]. The van der Waals surface area contributed by atoms with E-state index in [1.54, 1.807) is 0 Å². The van der Waals surface area contributed by atoms with Crippen LogP contribution in [0.1, 0.15) is 0 Å². The number of aromatic nitrogens is 1. The molecule has 0 amide bonds. The van der Waals surface area contributed by atoms with E-state index in [1.807, 2.05) is 18.3 Å². The Labute approximate surface area is 66.8 Å². The summed E-state index contributed by atoms with van der Waals surface area (Å²) in [5.74, 6) is 0. The van der Waals surface area contributed by atoms with Crippen molar-refractivity contribution >= 4 is 39.0 Å². The number of hydrogen-bond donors (Lipinski definition) is 1. The molecule has 1 aromatic heterocycles. The normalized spacial score (nSPS) is 7.57. The molecule has 0 unspecified atom stereocenters. The zero-order valence-corrected chi connectivity index (χ0v) is 4.70. The third-order valence-corrected chi connectivity index (χ3v) is 1.05. The number of nitrogens with one attached hydrogen (secondary N) is 1. The van der Waals surface area contributed by atoms with E-state index >= 15 is 0 Å². The maximum atomic E-state index is 3.23. The zero-order chi connectivity index (χ0) is 4.41. The molecular formula is C4H6BrMgN. The first-order chi connectivity index (χ1) is 2.89. The van der Waals surface area contributed by atoms with Crippen molar-refractivity contribution in [3.63, 3.8) is 0 Å². The van der Waals surface area contributed by atoms with Crippen molar-refractivity contribution in [1.29, 1.82) is 0 Å². The Morgan fingerprint density at radius 1 is 1.57 bits per heavy atom. The van der Waals surface area contributed by atoms with E-state index in [2.05, 4.69) is 20.9 Å². The molecule has 0 bridgehead atoms. The van der Waals surface area contributed by atoms with E-state index in [-0.39, 0.29) is 23.1 Å². The van der Waals surface area contributed by atoms with Crippen molar-refractivity contribution in [2.75, 3.05) is 0 Å². The van der Waals surface area contributed by atoms with Gasteiger partial charge in [0.1, 0.15) is 0 Å². The first kappa shape index (κ1) is 7.53. The van der Waals surface area contributed by atoms with E-state index in [4.69, 9.17) is 0 Å². The molecule has 0 aliphatic carbocycles. The lowest BCUT2D eigenvalue weighted by atomic mass is 10.7.